The summed E-state index contributed by atoms with van der Waals surface area (Å²) in [6, 6.07) is 1.68. The van der Waals surface area contributed by atoms with Crippen LogP contribution in [0.25, 0.3) is 0 Å². The molecule has 0 radical (unpaired) electrons. The second-order valence-corrected chi connectivity index (χ2v) is 12.7. The van der Waals surface area contributed by atoms with Crippen molar-refractivity contribution in [3.05, 3.63) is 0 Å². The van der Waals surface area contributed by atoms with E-state index in [1.54, 1.807) is 21.3 Å². The summed E-state index contributed by atoms with van der Waals surface area (Å²) in [4.78, 5) is 0. The van der Waals surface area contributed by atoms with Crippen molar-refractivity contribution in [2.24, 2.45) is 0 Å². The summed E-state index contributed by atoms with van der Waals surface area (Å²) in [6.45, 7) is 2.86. The van der Waals surface area contributed by atoms with Crippen molar-refractivity contribution in [3.63, 3.8) is 0 Å². The SMILES string of the molecule is COCCO[Si](CC[SiH2]O[SiH2]O[SiH3])(OCCOC)OCCOC. The Hall–Kier alpha value is 0.548. The van der Waals surface area contributed by atoms with E-state index in [2.05, 4.69) is 0 Å². The third-order valence-corrected chi connectivity index (χ3v) is 9.81. The van der Waals surface area contributed by atoms with Crippen molar-refractivity contribution in [1.29, 1.82) is 0 Å². The Labute approximate surface area is 148 Å². The van der Waals surface area contributed by atoms with Crippen LogP contribution < -0.4 is 0 Å². The molecule has 23 heavy (non-hydrogen) atoms. The van der Waals surface area contributed by atoms with Crippen LogP contribution in [0.4, 0.5) is 0 Å². The lowest BCUT2D eigenvalue weighted by atomic mass is 10.8. The van der Waals surface area contributed by atoms with Crippen LogP contribution in [0.5, 0.6) is 0 Å². The van der Waals surface area contributed by atoms with E-state index in [0.29, 0.717) is 39.6 Å². The van der Waals surface area contributed by atoms with Crippen molar-refractivity contribution in [1.82, 2.24) is 0 Å². The minimum absolute atomic E-state index is 0.448. The van der Waals surface area contributed by atoms with Crippen LogP contribution >= 0.6 is 0 Å². The van der Waals surface area contributed by atoms with E-state index in [9.17, 15) is 0 Å². The van der Waals surface area contributed by atoms with Crippen molar-refractivity contribution >= 4 is 39.1 Å². The Bertz CT molecular complexity index is 226. The molecule has 0 saturated heterocycles. The van der Waals surface area contributed by atoms with Crippen LogP contribution in [-0.4, -0.2) is 100 Å². The van der Waals surface area contributed by atoms with Crippen molar-refractivity contribution in [2.75, 3.05) is 61.0 Å². The second kappa shape index (κ2) is 17.4. The van der Waals surface area contributed by atoms with Gasteiger partial charge in [0.2, 0.25) is 0 Å². The summed E-state index contributed by atoms with van der Waals surface area (Å²) in [5, 5.41) is 0. The van der Waals surface area contributed by atoms with Gasteiger partial charge in [-0.05, 0) is 6.04 Å². The minimum atomic E-state index is -2.77. The zero-order valence-electron chi connectivity index (χ0n) is 14.8. The van der Waals surface area contributed by atoms with Gasteiger partial charge in [-0.1, -0.05) is 0 Å². The van der Waals surface area contributed by atoms with Gasteiger partial charge in [0.25, 0.3) is 10.0 Å². The normalized spacial score (nSPS) is 13.2. The van der Waals surface area contributed by atoms with E-state index in [1.165, 1.54) is 0 Å². The van der Waals surface area contributed by atoms with E-state index in [0.717, 1.165) is 22.6 Å². The maximum atomic E-state index is 5.98. The quantitative estimate of drug-likeness (QED) is 0.187. The zero-order chi connectivity index (χ0) is 17.2. The predicted molar refractivity (Wildman–Crippen MR) is 98.0 cm³/mol. The number of methoxy groups -OCH3 is 3. The molecule has 0 saturated carbocycles. The Morgan fingerprint density at radius 1 is 0.783 bits per heavy atom. The highest BCUT2D eigenvalue weighted by Crippen LogP contribution is 2.18. The van der Waals surface area contributed by atoms with Crippen LogP contribution in [0.3, 0.4) is 0 Å². The fourth-order valence-corrected chi connectivity index (χ4v) is 9.35. The van der Waals surface area contributed by atoms with E-state index >= 15 is 0 Å². The van der Waals surface area contributed by atoms with Gasteiger partial charge in [0.15, 0.2) is 0 Å². The number of hydrogen-bond donors (Lipinski definition) is 0. The molecule has 0 fully saturated rings. The molecule has 0 bridgehead atoms. The van der Waals surface area contributed by atoms with Crippen molar-refractivity contribution < 1.29 is 35.7 Å². The molecule has 0 aromatic carbocycles. The summed E-state index contributed by atoms with van der Waals surface area (Å²) >= 11 is 0. The lowest BCUT2D eigenvalue weighted by Crippen LogP contribution is -2.48. The standard InChI is InChI=1S/C11H32O8Si4/c1-12-4-7-15-23(16-8-5-13-2,17-9-6-14-3)11-10-21-19-22-18-20/h4-11,21-22H2,1-3,20H3. The molecule has 0 N–H and O–H groups in total. The summed E-state index contributed by atoms with van der Waals surface area (Å²) in [5.41, 5.74) is 0. The first-order valence-electron chi connectivity index (χ1n) is 7.70. The highest BCUT2D eigenvalue weighted by Gasteiger charge is 2.40. The summed E-state index contributed by atoms with van der Waals surface area (Å²) in [5.74, 6) is 0. The van der Waals surface area contributed by atoms with E-state index in [1.807, 2.05) is 0 Å². The van der Waals surface area contributed by atoms with Crippen LogP contribution in [0.1, 0.15) is 0 Å². The number of hydrogen-bond acceptors (Lipinski definition) is 8. The van der Waals surface area contributed by atoms with E-state index < -0.39 is 28.6 Å². The van der Waals surface area contributed by atoms with Gasteiger partial charge in [-0.25, -0.2) is 0 Å². The van der Waals surface area contributed by atoms with Gasteiger partial charge >= 0.3 is 8.80 Å². The monoisotopic (exact) mass is 404 g/mol. The minimum Gasteiger partial charge on any atom is -0.449 e. The smallest absolute Gasteiger partial charge is 0.449 e. The Morgan fingerprint density at radius 3 is 1.65 bits per heavy atom. The summed E-state index contributed by atoms with van der Waals surface area (Å²) in [7, 11) is 1.56. The highest BCUT2D eigenvalue weighted by molar-refractivity contribution is 6.62. The molecule has 0 unspecified atom stereocenters. The molecule has 12 heteroatoms. The van der Waals surface area contributed by atoms with Crippen molar-refractivity contribution in [2.45, 2.75) is 12.1 Å². The van der Waals surface area contributed by atoms with Crippen LogP contribution in [0.2, 0.25) is 12.1 Å². The van der Waals surface area contributed by atoms with Gasteiger partial charge in [-0.2, -0.15) is 0 Å². The molecule has 140 valence electrons. The third kappa shape index (κ3) is 13.5. The molecule has 0 heterocycles. The van der Waals surface area contributed by atoms with Gasteiger partial charge in [0, 0.05) is 27.4 Å². The lowest BCUT2D eigenvalue weighted by Gasteiger charge is -2.29. The first kappa shape index (κ1) is 23.5. The van der Waals surface area contributed by atoms with Crippen LogP contribution in [-0.2, 0) is 35.7 Å². The average Bonchev–Trinajstić information content (AvgIpc) is 2.55. The van der Waals surface area contributed by atoms with Crippen molar-refractivity contribution in [3.8, 4) is 0 Å². The second-order valence-electron chi connectivity index (χ2n) is 4.63. The number of rotatable bonds is 18. The summed E-state index contributed by atoms with van der Waals surface area (Å²) < 4.78 is 43.9. The summed E-state index contributed by atoms with van der Waals surface area (Å²) in [6.07, 6.45) is 0. The third-order valence-electron chi connectivity index (χ3n) is 2.80. The van der Waals surface area contributed by atoms with E-state index in [-0.39, 0.29) is 0 Å². The molecule has 0 spiro atoms. The maximum Gasteiger partial charge on any atom is 0.500 e. The predicted octanol–water partition coefficient (Wildman–Crippen LogP) is -2.27. The zero-order valence-corrected chi connectivity index (χ0v) is 20.7. The molecule has 0 atom stereocenters. The van der Waals surface area contributed by atoms with Gasteiger partial charge < -0.3 is 35.7 Å². The molecule has 0 aliphatic carbocycles. The Kier molecular flexibility index (Phi) is 17.8. The van der Waals surface area contributed by atoms with Gasteiger partial charge in [-0.3, -0.25) is 0 Å². The Morgan fingerprint density at radius 2 is 1.26 bits per heavy atom. The topological polar surface area (TPSA) is 73.8 Å². The fraction of sp³-hybridized carbons (Fsp3) is 1.00. The van der Waals surface area contributed by atoms with Gasteiger partial charge in [-0.15, -0.1) is 0 Å². The van der Waals surface area contributed by atoms with E-state index in [4.69, 9.17) is 35.7 Å². The molecular weight excluding hydrogens is 372 g/mol. The largest absolute Gasteiger partial charge is 0.500 e. The van der Waals surface area contributed by atoms with Gasteiger partial charge in [0.1, 0.15) is 20.2 Å². The molecule has 0 rings (SSSR count). The van der Waals surface area contributed by atoms with Crippen LogP contribution in [0, 0.1) is 0 Å². The molecular formula is C11H32O8Si4. The fourth-order valence-electron chi connectivity index (χ4n) is 1.72. The highest BCUT2D eigenvalue weighted by atomic mass is 28.4. The lowest BCUT2D eigenvalue weighted by molar-refractivity contribution is 0.0153. The first-order valence-corrected chi connectivity index (χ1v) is 13.2. The molecule has 0 aromatic rings. The number of ether oxygens (including phenoxy) is 3. The first-order chi connectivity index (χ1) is 11.2. The average molecular weight is 405 g/mol. The maximum absolute atomic E-state index is 5.98. The van der Waals surface area contributed by atoms with Gasteiger partial charge in [0.05, 0.1) is 39.6 Å². The van der Waals surface area contributed by atoms with Crippen LogP contribution in [0.15, 0.2) is 0 Å². The Balaban J connectivity index is 4.52. The molecule has 0 aliphatic rings. The molecule has 8 nitrogen and oxygen atoms in total. The molecule has 0 aromatic heterocycles. The molecule has 0 aliphatic heterocycles. The molecule has 0 amide bonds.